The number of benzene rings is 1. The summed E-state index contributed by atoms with van der Waals surface area (Å²) in [5.41, 5.74) is 2.78. The molecule has 2 aliphatic heterocycles. The van der Waals surface area contributed by atoms with Crippen molar-refractivity contribution < 1.29 is 0 Å². The predicted octanol–water partition coefficient (Wildman–Crippen LogP) is 2.11. The molecule has 0 atom stereocenters. The van der Waals surface area contributed by atoms with Crippen LogP contribution in [0.5, 0.6) is 0 Å². The third kappa shape index (κ3) is 1.26. The Labute approximate surface area is 85.1 Å². The largest absolute Gasteiger partial charge is 0.371 e. The van der Waals surface area contributed by atoms with Crippen molar-refractivity contribution in [2.45, 2.75) is 12.8 Å². The molecule has 14 heavy (non-hydrogen) atoms. The van der Waals surface area contributed by atoms with Gasteiger partial charge in [0.15, 0.2) is 0 Å². The fourth-order valence-electron chi connectivity index (χ4n) is 2.02. The van der Waals surface area contributed by atoms with Gasteiger partial charge in [-0.05, 0) is 37.1 Å². The summed E-state index contributed by atoms with van der Waals surface area (Å²) in [5.74, 6) is 0. The second-order valence-electron chi connectivity index (χ2n) is 4.20. The average Bonchev–Trinajstić information content (AvgIpc) is 2.02. The van der Waals surface area contributed by atoms with Gasteiger partial charge < -0.3 is 9.80 Å². The molecule has 2 nitrogen and oxygen atoms in total. The molecule has 0 bridgehead atoms. The van der Waals surface area contributed by atoms with Gasteiger partial charge in [-0.1, -0.05) is 0 Å². The molecular formula is C12H16N2. The van der Waals surface area contributed by atoms with E-state index in [4.69, 9.17) is 0 Å². The molecule has 2 saturated heterocycles. The van der Waals surface area contributed by atoms with Crippen molar-refractivity contribution in [2.24, 2.45) is 0 Å². The van der Waals surface area contributed by atoms with Gasteiger partial charge in [0.25, 0.3) is 0 Å². The molecule has 3 rings (SSSR count). The van der Waals surface area contributed by atoms with Crippen LogP contribution < -0.4 is 9.80 Å². The summed E-state index contributed by atoms with van der Waals surface area (Å²) >= 11 is 0. The van der Waals surface area contributed by atoms with E-state index in [1.54, 1.807) is 0 Å². The Hall–Kier alpha value is -1.18. The van der Waals surface area contributed by atoms with E-state index in [1.165, 1.54) is 50.4 Å². The van der Waals surface area contributed by atoms with Crippen molar-refractivity contribution in [3.05, 3.63) is 24.3 Å². The Balaban J connectivity index is 1.75. The molecule has 0 saturated carbocycles. The van der Waals surface area contributed by atoms with E-state index in [2.05, 4.69) is 34.1 Å². The summed E-state index contributed by atoms with van der Waals surface area (Å²) < 4.78 is 0. The van der Waals surface area contributed by atoms with E-state index in [0.717, 1.165) is 0 Å². The Morgan fingerprint density at radius 2 is 1.00 bits per heavy atom. The van der Waals surface area contributed by atoms with Gasteiger partial charge in [-0.25, -0.2) is 0 Å². The Kier molecular flexibility index (Phi) is 1.86. The smallest absolute Gasteiger partial charge is 0.0367 e. The van der Waals surface area contributed by atoms with Crippen LogP contribution in [-0.4, -0.2) is 26.2 Å². The zero-order valence-electron chi connectivity index (χ0n) is 8.45. The SMILES string of the molecule is c1cc(N2CCC2)ccc1N1CCC1. The minimum Gasteiger partial charge on any atom is -0.371 e. The minimum atomic E-state index is 1.24. The van der Waals surface area contributed by atoms with Gasteiger partial charge in [0.2, 0.25) is 0 Å². The molecule has 0 radical (unpaired) electrons. The molecule has 0 amide bonds. The second kappa shape index (κ2) is 3.19. The van der Waals surface area contributed by atoms with Crippen LogP contribution in [-0.2, 0) is 0 Å². The van der Waals surface area contributed by atoms with Gasteiger partial charge in [0.05, 0.1) is 0 Å². The van der Waals surface area contributed by atoms with Crippen molar-refractivity contribution in [2.75, 3.05) is 36.0 Å². The number of nitrogens with zero attached hydrogens (tertiary/aromatic N) is 2. The minimum absolute atomic E-state index is 1.24. The third-order valence-electron chi connectivity index (χ3n) is 3.29. The quantitative estimate of drug-likeness (QED) is 0.701. The third-order valence-corrected chi connectivity index (χ3v) is 3.29. The summed E-state index contributed by atoms with van der Waals surface area (Å²) in [6.45, 7) is 4.96. The monoisotopic (exact) mass is 188 g/mol. The normalized spacial score (nSPS) is 20.3. The Morgan fingerprint density at radius 1 is 0.643 bits per heavy atom. The first-order chi connectivity index (χ1) is 6.93. The van der Waals surface area contributed by atoms with Crippen LogP contribution in [0.3, 0.4) is 0 Å². The maximum atomic E-state index is 2.43. The zero-order chi connectivity index (χ0) is 9.38. The molecule has 1 aromatic carbocycles. The lowest BCUT2D eigenvalue weighted by atomic mass is 10.1. The zero-order valence-corrected chi connectivity index (χ0v) is 8.45. The van der Waals surface area contributed by atoms with Gasteiger partial charge in [-0.2, -0.15) is 0 Å². The molecule has 1 aromatic rings. The van der Waals surface area contributed by atoms with Crippen molar-refractivity contribution in [1.29, 1.82) is 0 Å². The highest BCUT2D eigenvalue weighted by molar-refractivity contribution is 5.57. The number of rotatable bonds is 2. The average molecular weight is 188 g/mol. The Bertz CT molecular complexity index is 277. The molecule has 0 aromatic heterocycles. The summed E-state index contributed by atoms with van der Waals surface area (Å²) in [7, 11) is 0. The summed E-state index contributed by atoms with van der Waals surface area (Å²) in [5, 5.41) is 0. The van der Waals surface area contributed by atoms with E-state index >= 15 is 0 Å². The molecule has 74 valence electrons. The van der Waals surface area contributed by atoms with Crippen molar-refractivity contribution in [3.8, 4) is 0 Å². The number of hydrogen-bond acceptors (Lipinski definition) is 2. The van der Waals surface area contributed by atoms with E-state index in [-0.39, 0.29) is 0 Å². The molecule has 0 aliphatic carbocycles. The highest BCUT2D eigenvalue weighted by Crippen LogP contribution is 2.26. The molecule has 0 unspecified atom stereocenters. The van der Waals surface area contributed by atoms with Crippen LogP contribution >= 0.6 is 0 Å². The fraction of sp³-hybridized carbons (Fsp3) is 0.500. The predicted molar refractivity (Wildman–Crippen MR) is 60.1 cm³/mol. The van der Waals surface area contributed by atoms with Crippen molar-refractivity contribution in [3.63, 3.8) is 0 Å². The maximum absolute atomic E-state index is 2.43. The van der Waals surface area contributed by atoms with E-state index in [0.29, 0.717) is 0 Å². The van der Waals surface area contributed by atoms with Gasteiger partial charge in [0, 0.05) is 37.6 Å². The second-order valence-corrected chi connectivity index (χ2v) is 4.20. The first kappa shape index (κ1) is 8.16. The van der Waals surface area contributed by atoms with E-state index in [1.807, 2.05) is 0 Å². The molecule has 2 aliphatic rings. The fourth-order valence-corrected chi connectivity index (χ4v) is 2.02. The van der Waals surface area contributed by atoms with Crippen molar-refractivity contribution >= 4 is 11.4 Å². The maximum Gasteiger partial charge on any atom is 0.0367 e. The van der Waals surface area contributed by atoms with E-state index < -0.39 is 0 Å². The highest BCUT2D eigenvalue weighted by Gasteiger charge is 2.16. The van der Waals surface area contributed by atoms with Crippen LogP contribution in [0.1, 0.15) is 12.8 Å². The van der Waals surface area contributed by atoms with Crippen LogP contribution in [0, 0.1) is 0 Å². The summed E-state index contributed by atoms with van der Waals surface area (Å²) in [6.07, 6.45) is 2.71. The number of anilines is 2. The highest BCUT2D eigenvalue weighted by atomic mass is 15.2. The Morgan fingerprint density at radius 3 is 1.21 bits per heavy atom. The summed E-state index contributed by atoms with van der Waals surface area (Å²) in [4.78, 5) is 4.86. The molecule has 0 spiro atoms. The van der Waals surface area contributed by atoms with E-state index in [9.17, 15) is 0 Å². The van der Waals surface area contributed by atoms with Crippen LogP contribution in [0.4, 0.5) is 11.4 Å². The lowest BCUT2D eigenvalue weighted by Crippen LogP contribution is -2.38. The van der Waals surface area contributed by atoms with Crippen LogP contribution in [0.25, 0.3) is 0 Å². The standard InChI is InChI=1S/C12H16N2/c1-7-13(8-1)11-3-5-12(6-4-11)14-9-2-10-14/h3-6H,1-2,7-10H2. The van der Waals surface area contributed by atoms with Gasteiger partial charge in [0.1, 0.15) is 0 Å². The summed E-state index contributed by atoms with van der Waals surface area (Å²) in [6, 6.07) is 9.03. The van der Waals surface area contributed by atoms with Crippen LogP contribution in [0.15, 0.2) is 24.3 Å². The molecule has 2 heteroatoms. The molecule has 2 heterocycles. The van der Waals surface area contributed by atoms with Gasteiger partial charge in [-0.3, -0.25) is 0 Å². The van der Waals surface area contributed by atoms with Crippen LogP contribution in [0.2, 0.25) is 0 Å². The lowest BCUT2D eigenvalue weighted by molar-refractivity contribution is 0.613. The number of hydrogen-bond donors (Lipinski definition) is 0. The first-order valence-corrected chi connectivity index (χ1v) is 5.53. The van der Waals surface area contributed by atoms with Gasteiger partial charge >= 0.3 is 0 Å². The topological polar surface area (TPSA) is 6.48 Å². The molecule has 2 fully saturated rings. The van der Waals surface area contributed by atoms with Crippen molar-refractivity contribution in [1.82, 2.24) is 0 Å². The lowest BCUT2D eigenvalue weighted by Gasteiger charge is -2.35. The van der Waals surface area contributed by atoms with Gasteiger partial charge in [-0.15, -0.1) is 0 Å². The molecule has 0 N–H and O–H groups in total. The first-order valence-electron chi connectivity index (χ1n) is 5.53. The molecular weight excluding hydrogens is 172 g/mol.